The van der Waals surface area contributed by atoms with Crippen molar-refractivity contribution in [3.63, 3.8) is 0 Å². The second-order valence-electron chi connectivity index (χ2n) is 5.72. The van der Waals surface area contributed by atoms with E-state index in [4.69, 9.17) is 9.84 Å². The standard InChI is InChI=1S/C17H25NO3/c1-2-5-14-8-10-18(11-9-14)12-13-21-16-7-4-3-6-15(16)17(19)20/h3-4,6-7,14H,2,5,8-13H2,1H3,(H,19,20). The van der Waals surface area contributed by atoms with Crippen molar-refractivity contribution in [1.82, 2.24) is 4.90 Å². The maximum absolute atomic E-state index is 11.1. The van der Waals surface area contributed by atoms with Crippen LogP contribution < -0.4 is 4.74 Å². The number of rotatable bonds is 7. The molecule has 1 aliphatic rings. The molecule has 0 spiro atoms. The molecule has 4 heteroatoms. The molecule has 1 aliphatic heterocycles. The van der Waals surface area contributed by atoms with Gasteiger partial charge in [0.15, 0.2) is 0 Å². The lowest BCUT2D eigenvalue weighted by Crippen LogP contribution is -2.36. The zero-order valence-corrected chi connectivity index (χ0v) is 12.8. The van der Waals surface area contributed by atoms with Gasteiger partial charge in [0.25, 0.3) is 0 Å². The van der Waals surface area contributed by atoms with Crippen molar-refractivity contribution >= 4 is 5.97 Å². The molecular formula is C17H25NO3. The van der Waals surface area contributed by atoms with Gasteiger partial charge in [0, 0.05) is 6.54 Å². The number of piperidine rings is 1. The van der Waals surface area contributed by atoms with Crippen LogP contribution in [-0.2, 0) is 0 Å². The van der Waals surface area contributed by atoms with Crippen LogP contribution in [0.1, 0.15) is 43.0 Å². The van der Waals surface area contributed by atoms with Crippen LogP contribution in [-0.4, -0.2) is 42.2 Å². The lowest BCUT2D eigenvalue weighted by atomic mass is 9.92. The highest BCUT2D eigenvalue weighted by atomic mass is 16.5. The van der Waals surface area contributed by atoms with E-state index in [0.29, 0.717) is 12.4 Å². The van der Waals surface area contributed by atoms with Crippen LogP contribution in [0.5, 0.6) is 5.75 Å². The Morgan fingerprint density at radius 3 is 2.71 bits per heavy atom. The lowest BCUT2D eigenvalue weighted by Gasteiger charge is -2.31. The first kappa shape index (κ1) is 15.8. The summed E-state index contributed by atoms with van der Waals surface area (Å²) in [6.07, 6.45) is 5.18. The van der Waals surface area contributed by atoms with Gasteiger partial charge in [-0.25, -0.2) is 4.79 Å². The summed E-state index contributed by atoms with van der Waals surface area (Å²) >= 11 is 0. The van der Waals surface area contributed by atoms with Gasteiger partial charge in [-0.05, 0) is 44.0 Å². The monoisotopic (exact) mass is 291 g/mol. The number of para-hydroxylation sites is 1. The second-order valence-corrected chi connectivity index (χ2v) is 5.72. The Kier molecular flexibility index (Phi) is 6.05. The van der Waals surface area contributed by atoms with Crippen molar-refractivity contribution in [3.8, 4) is 5.75 Å². The first-order valence-corrected chi connectivity index (χ1v) is 7.88. The van der Waals surface area contributed by atoms with E-state index in [0.717, 1.165) is 25.6 Å². The summed E-state index contributed by atoms with van der Waals surface area (Å²) < 4.78 is 5.65. The first-order chi connectivity index (χ1) is 10.2. The zero-order chi connectivity index (χ0) is 15.1. The van der Waals surface area contributed by atoms with Crippen LogP contribution in [0, 0.1) is 5.92 Å². The molecule has 21 heavy (non-hydrogen) atoms. The maximum Gasteiger partial charge on any atom is 0.339 e. The van der Waals surface area contributed by atoms with Crippen molar-refractivity contribution in [2.24, 2.45) is 5.92 Å². The number of carboxylic acids is 1. The van der Waals surface area contributed by atoms with Crippen LogP contribution >= 0.6 is 0 Å². The summed E-state index contributed by atoms with van der Waals surface area (Å²) in [6.45, 7) is 5.93. The predicted molar refractivity (Wildman–Crippen MR) is 83.0 cm³/mol. The van der Waals surface area contributed by atoms with E-state index < -0.39 is 5.97 Å². The molecular weight excluding hydrogens is 266 g/mol. The molecule has 0 unspecified atom stereocenters. The Morgan fingerprint density at radius 1 is 1.33 bits per heavy atom. The van der Waals surface area contributed by atoms with Gasteiger partial charge in [-0.3, -0.25) is 4.90 Å². The molecule has 2 rings (SSSR count). The van der Waals surface area contributed by atoms with Gasteiger partial charge in [0.1, 0.15) is 17.9 Å². The highest BCUT2D eigenvalue weighted by Gasteiger charge is 2.18. The molecule has 4 nitrogen and oxygen atoms in total. The quantitative estimate of drug-likeness (QED) is 0.837. The molecule has 0 saturated carbocycles. The SMILES string of the molecule is CCCC1CCN(CCOc2ccccc2C(=O)O)CC1. The summed E-state index contributed by atoms with van der Waals surface area (Å²) in [5.41, 5.74) is 0.235. The number of hydrogen-bond acceptors (Lipinski definition) is 3. The Labute approximate surface area is 126 Å². The fourth-order valence-electron chi connectivity index (χ4n) is 2.96. The minimum absolute atomic E-state index is 0.235. The van der Waals surface area contributed by atoms with Crippen molar-refractivity contribution < 1.29 is 14.6 Å². The van der Waals surface area contributed by atoms with Crippen LogP contribution in [0.2, 0.25) is 0 Å². The minimum atomic E-state index is -0.939. The smallest absolute Gasteiger partial charge is 0.339 e. The van der Waals surface area contributed by atoms with Crippen molar-refractivity contribution in [2.45, 2.75) is 32.6 Å². The Bertz CT molecular complexity index is 453. The molecule has 0 aliphatic carbocycles. The molecule has 116 valence electrons. The van der Waals surface area contributed by atoms with Gasteiger partial charge in [0.2, 0.25) is 0 Å². The summed E-state index contributed by atoms with van der Waals surface area (Å²) in [5.74, 6) is 0.414. The number of aromatic carboxylic acids is 1. The predicted octanol–water partition coefficient (Wildman–Crippen LogP) is 3.28. The molecule has 0 atom stereocenters. The van der Waals surface area contributed by atoms with Crippen LogP contribution in [0.3, 0.4) is 0 Å². The Hall–Kier alpha value is -1.55. The molecule has 1 saturated heterocycles. The van der Waals surface area contributed by atoms with E-state index in [1.54, 1.807) is 24.3 Å². The molecule has 0 amide bonds. The van der Waals surface area contributed by atoms with Gasteiger partial charge >= 0.3 is 5.97 Å². The van der Waals surface area contributed by atoms with E-state index in [1.807, 2.05) is 0 Å². The highest BCUT2D eigenvalue weighted by Crippen LogP contribution is 2.22. The van der Waals surface area contributed by atoms with E-state index >= 15 is 0 Å². The first-order valence-electron chi connectivity index (χ1n) is 7.88. The van der Waals surface area contributed by atoms with E-state index in [2.05, 4.69) is 11.8 Å². The Balaban J connectivity index is 1.74. The summed E-state index contributed by atoms with van der Waals surface area (Å²) in [7, 11) is 0. The third-order valence-corrected chi connectivity index (χ3v) is 4.19. The number of carbonyl (C=O) groups is 1. The fraction of sp³-hybridized carbons (Fsp3) is 0.588. The number of likely N-dealkylation sites (tertiary alicyclic amines) is 1. The zero-order valence-electron chi connectivity index (χ0n) is 12.8. The lowest BCUT2D eigenvalue weighted by molar-refractivity contribution is 0.0691. The van der Waals surface area contributed by atoms with Crippen LogP contribution in [0.4, 0.5) is 0 Å². The van der Waals surface area contributed by atoms with Gasteiger partial charge < -0.3 is 9.84 Å². The fourth-order valence-corrected chi connectivity index (χ4v) is 2.96. The number of nitrogens with zero attached hydrogens (tertiary/aromatic N) is 1. The molecule has 0 bridgehead atoms. The highest BCUT2D eigenvalue weighted by molar-refractivity contribution is 5.90. The molecule has 0 radical (unpaired) electrons. The number of carboxylic acid groups (broad SMARTS) is 1. The molecule has 1 heterocycles. The van der Waals surface area contributed by atoms with E-state index in [-0.39, 0.29) is 5.56 Å². The van der Waals surface area contributed by atoms with Gasteiger partial charge in [-0.2, -0.15) is 0 Å². The maximum atomic E-state index is 11.1. The average molecular weight is 291 g/mol. The molecule has 1 fully saturated rings. The molecule has 1 aromatic carbocycles. The second kappa shape index (κ2) is 8.03. The average Bonchev–Trinajstić information content (AvgIpc) is 2.50. The molecule has 0 aromatic heterocycles. The third-order valence-electron chi connectivity index (χ3n) is 4.19. The normalized spacial score (nSPS) is 16.8. The summed E-state index contributed by atoms with van der Waals surface area (Å²) in [6, 6.07) is 6.82. The van der Waals surface area contributed by atoms with E-state index in [9.17, 15) is 4.79 Å². The number of hydrogen-bond donors (Lipinski definition) is 1. The Morgan fingerprint density at radius 2 is 2.05 bits per heavy atom. The van der Waals surface area contributed by atoms with Gasteiger partial charge in [-0.15, -0.1) is 0 Å². The largest absolute Gasteiger partial charge is 0.491 e. The summed E-state index contributed by atoms with van der Waals surface area (Å²) in [4.78, 5) is 13.5. The van der Waals surface area contributed by atoms with Gasteiger partial charge in [-0.1, -0.05) is 31.9 Å². The number of benzene rings is 1. The molecule has 1 N–H and O–H groups in total. The number of ether oxygens (including phenoxy) is 1. The van der Waals surface area contributed by atoms with Crippen LogP contribution in [0.25, 0.3) is 0 Å². The third kappa shape index (κ3) is 4.74. The van der Waals surface area contributed by atoms with Crippen LogP contribution in [0.15, 0.2) is 24.3 Å². The minimum Gasteiger partial charge on any atom is -0.491 e. The summed E-state index contributed by atoms with van der Waals surface area (Å²) in [5, 5.41) is 9.10. The van der Waals surface area contributed by atoms with Crippen molar-refractivity contribution in [2.75, 3.05) is 26.2 Å². The van der Waals surface area contributed by atoms with Crippen molar-refractivity contribution in [3.05, 3.63) is 29.8 Å². The topological polar surface area (TPSA) is 49.8 Å². The molecule has 1 aromatic rings. The van der Waals surface area contributed by atoms with Crippen molar-refractivity contribution in [1.29, 1.82) is 0 Å². The van der Waals surface area contributed by atoms with E-state index in [1.165, 1.54) is 25.7 Å². The van der Waals surface area contributed by atoms with Gasteiger partial charge in [0.05, 0.1) is 0 Å².